The van der Waals surface area contributed by atoms with Gasteiger partial charge in [-0.25, -0.2) is 13.1 Å². The zero-order valence-corrected chi connectivity index (χ0v) is 14.3. The van der Waals surface area contributed by atoms with Gasteiger partial charge in [-0.15, -0.1) is 0 Å². The maximum absolute atomic E-state index is 12.3. The van der Waals surface area contributed by atoms with Crippen molar-refractivity contribution in [3.8, 4) is 0 Å². The number of hydrogen-bond acceptors (Lipinski definition) is 3. The predicted molar refractivity (Wildman–Crippen MR) is 86.8 cm³/mol. The molecule has 21 heavy (non-hydrogen) atoms. The molecule has 0 aromatic carbocycles. The molecule has 0 unspecified atom stereocenters. The Morgan fingerprint density at radius 3 is 2.52 bits per heavy atom. The van der Waals surface area contributed by atoms with Crippen molar-refractivity contribution >= 4 is 10.0 Å². The van der Waals surface area contributed by atoms with Crippen molar-refractivity contribution in [2.24, 2.45) is 0 Å². The van der Waals surface area contributed by atoms with Crippen LogP contribution in [0.15, 0.2) is 17.2 Å². The Bertz CT molecular complexity index is 485. The Kier molecular flexibility index (Phi) is 8.00. The van der Waals surface area contributed by atoms with Gasteiger partial charge >= 0.3 is 0 Å². The van der Waals surface area contributed by atoms with Crippen LogP contribution in [0.2, 0.25) is 0 Å². The first-order valence-electron chi connectivity index (χ1n) is 7.88. The van der Waals surface area contributed by atoms with Crippen molar-refractivity contribution in [2.45, 2.75) is 63.9 Å². The van der Waals surface area contributed by atoms with E-state index in [1.54, 1.807) is 12.3 Å². The second kappa shape index (κ2) is 9.23. The molecular formula is C15H29N3O2S. The van der Waals surface area contributed by atoms with Crippen molar-refractivity contribution in [1.82, 2.24) is 14.6 Å². The van der Waals surface area contributed by atoms with Crippen LogP contribution in [0.1, 0.15) is 51.6 Å². The molecule has 2 N–H and O–H groups in total. The van der Waals surface area contributed by atoms with Gasteiger partial charge in [-0.3, -0.25) is 0 Å². The van der Waals surface area contributed by atoms with Gasteiger partial charge in [-0.1, -0.05) is 33.1 Å². The highest BCUT2D eigenvalue weighted by atomic mass is 32.2. The highest BCUT2D eigenvalue weighted by Gasteiger charge is 2.17. The molecule has 0 spiro atoms. The molecule has 6 heteroatoms. The van der Waals surface area contributed by atoms with E-state index in [-0.39, 0.29) is 0 Å². The molecule has 1 aromatic rings. The maximum atomic E-state index is 12.3. The molecule has 0 saturated heterocycles. The lowest BCUT2D eigenvalue weighted by molar-refractivity contribution is 0.572. The fourth-order valence-electron chi connectivity index (χ4n) is 2.29. The number of aromatic nitrogens is 1. The minimum Gasteiger partial charge on any atom is -0.349 e. The van der Waals surface area contributed by atoms with Gasteiger partial charge in [0.1, 0.15) is 0 Å². The molecule has 122 valence electrons. The second-order valence-electron chi connectivity index (χ2n) is 5.35. The zero-order valence-electron chi connectivity index (χ0n) is 13.5. The number of nitrogens with zero attached hydrogens (tertiary/aromatic N) is 1. The van der Waals surface area contributed by atoms with Crippen LogP contribution in [0.5, 0.6) is 0 Å². The number of nitrogens with one attached hydrogen (secondary N) is 2. The third kappa shape index (κ3) is 5.80. The van der Waals surface area contributed by atoms with Crippen molar-refractivity contribution in [2.75, 3.05) is 13.6 Å². The molecule has 1 heterocycles. The standard InChI is InChI=1S/C15H29N3O2S/c1-4-6-7-8-9-17-21(19,20)15-11-14(12-16-3)18(13-15)10-5-2/h11,13,16-17H,4-10,12H2,1-3H3. The number of aryl methyl sites for hydroxylation is 1. The van der Waals surface area contributed by atoms with E-state index in [9.17, 15) is 8.42 Å². The summed E-state index contributed by atoms with van der Waals surface area (Å²) in [5.41, 5.74) is 1.01. The Balaban J connectivity index is 2.71. The van der Waals surface area contributed by atoms with Crippen LogP contribution in [-0.4, -0.2) is 26.6 Å². The lowest BCUT2D eigenvalue weighted by Gasteiger charge is -2.06. The molecule has 0 atom stereocenters. The van der Waals surface area contributed by atoms with Crippen LogP contribution >= 0.6 is 0 Å². The lowest BCUT2D eigenvalue weighted by atomic mass is 10.2. The molecule has 1 aromatic heterocycles. The third-order valence-corrected chi connectivity index (χ3v) is 4.84. The van der Waals surface area contributed by atoms with E-state index in [1.807, 2.05) is 11.6 Å². The Labute approximate surface area is 129 Å². The maximum Gasteiger partial charge on any atom is 0.242 e. The van der Waals surface area contributed by atoms with Gasteiger partial charge in [0, 0.05) is 31.5 Å². The summed E-state index contributed by atoms with van der Waals surface area (Å²) >= 11 is 0. The molecule has 0 aliphatic heterocycles. The van der Waals surface area contributed by atoms with Crippen molar-refractivity contribution in [3.05, 3.63) is 18.0 Å². The number of hydrogen-bond donors (Lipinski definition) is 2. The Hall–Kier alpha value is -0.850. The largest absolute Gasteiger partial charge is 0.349 e. The van der Waals surface area contributed by atoms with E-state index in [0.29, 0.717) is 18.0 Å². The molecule has 0 bridgehead atoms. The van der Waals surface area contributed by atoms with Gasteiger partial charge in [0.05, 0.1) is 4.90 Å². The van der Waals surface area contributed by atoms with E-state index < -0.39 is 10.0 Å². The average molecular weight is 315 g/mol. The van der Waals surface area contributed by atoms with Gasteiger partial charge < -0.3 is 9.88 Å². The van der Waals surface area contributed by atoms with Crippen LogP contribution in [-0.2, 0) is 23.1 Å². The normalized spacial score (nSPS) is 12.0. The summed E-state index contributed by atoms with van der Waals surface area (Å²) in [6.07, 6.45) is 6.99. The quantitative estimate of drug-likeness (QED) is 0.617. The highest BCUT2D eigenvalue weighted by molar-refractivity contribution is 7.89. The summed E-state index contributed by atoms with van der Waals surface area (Å²) in [5, 5.41) is 3.08. The topological polar surface area (TPSA) is 63.1 Å². The molecule has 0 saturated carbocycles. The molecule has 1 rings (SSSR count). The summed E-state index contributed by atoms with van der Waals surface area (Å²) in [6, 6.07) is 1.76. The summed E-state index contributed by atoms with van der Waals surface area (Å²) in [4.78, 5) is 0.372. The molecular weight excluding hydrogens is 286 g/mol. The summed E-state index contributed by atoms with van der Waals surface area (Å²) in [6.45, 7) is 6.25. The highest BCUT2D eigenvalue weighted by Crippen LogP contribution is 2.15. The minimum atomic E-state index is -3.38. The first-order chi connectivity index (χ1) is 10.0. The van der Waals surface area contributed by atoms with E-state index in [2.05, 4.69) is 23.9 Å². The number of unbranched alkanes of at least 4 members (excludes halogenated alkanes) is 3. The first-order valence-corrected chi connectivity index (χ1v) is 9.36. The summed E-state index contributed by atoms with van der Waals surface area (Å²) in [5.74, 6) is 0. The fourth-order valence-corrected chi connectivity index (χ4v) is 3.43. The van der Waals surface area contributed by atoms with Crippen LogP contribution in [0, 0.1) is 0 Å². The number of rotatable bonds is 11. The molecule has 0 amide bonds. The fraction of sp³-hybridized carbons (Fsp3) is 0.733. The monoisotopic (exact) mass is 315 g/mol. The van der Waals surface area contributed by atoms with Crippen molar-refractivity contribution < 1.29 is 8.42 Å². The molecule has 0 aliphatic rings. The number of sulfonamides is 1. The molecule has 0 fully saturated rings. The molecule has 0 radical (unpaired) electrons. The Morgan fingerprint density at radius 2 is 1.90 bits per heavy atom. The lowest BCUT2D eigenvalue weighted by Crippen LogP contribution is -2.24. The van der Waals surface area contributed by atoms with E-state index in [0.717, 1.165) is 44.3 Å². The Morgan fingerprint density at radius 1 is 1.14 bits per heavy atom. The average Bonchev–Trinajstić information content (AvgIpc) is 2.84. The van der Waals surface area contributed by atoms with Crippen LogP contribution in [0.3, 0.4) is 0 Å². The summed E-state index contributed by atoms with van der Waals surface area (Å²) < 4.78 is 29.3. The van der Waals surface area contributed by atoms with Crippen molar-refractivity contribution in [1.29, 1.82) is 0 Å². The van der Waals surface area contributed by atoms with Crippen molar-refractivity contribution in [3.63, 3.8) is 0 Å². The van der Waals surface area contributed by atoms with E-state index >= 15 is 0 Å². The van der Waals surface area contributed by atoms with Crippen LogP contribution in [0.25, 0.3) is 0 Å². The van der Waals surface area contributed by atoms with Gasteiger partial charge in [-0.05, 0) is 26.0 Å². The molecule has 5 nitrogen and oxygen atoms in total. The first kappa shape index (κ1) is 18.2. The van der Waals surface area contributed by atoms with Gasteiger partial charge in [0.25, 0.3) is 0 Å². The summed E-state index contributed by atoms with van der Waals surface area (Å²) in [7, 11) is -1.52. The second-order valence-corrected chi connectivity index (χ2v) is 7.12. The van der Waals surface area contributed by atoms with Crippen LogP contribution in [0.4, 0.5) is 0 Å². The zero-order chi connectivity index (χ0) is 15.7. The van der Waals surface area contributed by atoms with Gasteiger partial charge in [0.2, 0.25) is 10.0 Å². The minimum absolute atomic E-state index is 0.372. The van der Waals surface area contributed by atoms with Crippen LogP contribution < -0.4 is 10.0 Å². The van der Waals surface area contributed by atoms with E-state index in [4.69, 9.17) is 0 Å². The third-order valence-electron chi connectivity index (χ3n) is 3.42. The smallest absolute Gasteiger partial charge is 0.242 e. The van der Waals surface area contributed by atoms with E-state index in [1.165, 1.54) is 0 Å². The molecule has 0 aliphatic carbocycles. The van der Waals surface area contributed by atoms with Gasteiger partial charge in [0.15, 0.2) is 0 Å². The SMILES string of the molecule is CCCCCCNS(=O)(=O)c1cc(CNC)n(CCC)c1. The predicted octanol–water partition coefficient (Wildman–Crippen LogP) is 2.48. The van der Waals surface area contributed by atoms with Gasteiger partial charge in [-0.2, -0.15) is 0 Å².